The largest absolute Gasteiger partial charge is 0.490 e. The molecule has 1 aliphatic carbocycles. The number of halogens is 3. The Bertz CT molecular complexity index is 1270. The molecule has 1 unspecified atom stereocenters. The number of ether oxygens (including phenoxy) is 1. The van der Waals surface area contributed by atoms with Gasteiger partial charge in [0.25, 0.3) is 0 Å². The Morgan fingerprint density at radius 2 is 2.13 bits per heavy atom. The topological polar surface area (TPSA) is 66.6 Å². The predicted octanol–water partition coefficient (Wildman–Crippen LogP) is 5.70. The molecule has 3 aromatic heterocycles. The predicted molar refractivity (Wildman–Crippen MR) is 111 cm³/mol. The minimum Gasteiger partial charge on any atom is -0.490 e. The number of hydrogen-bond acceptors (Lipinski definition) is 3. The number of fused-ring (bicyclic) bond motifs is 2. The Morgan fingerprint density at radius 1 is 1.27 bits per heavy atom. The van der Waals surface area contributed by atoms with Gasteiger partial charge in [-0.15, -0.1) is 0 Å². The number of alkyl halides is 1. The summed E-state index contributed by atoms with van der Waals surface area (Å²) >= 11 is 6.01. The molecule has 0 saturated carbocycles. The maximum Gasteiger partial charge on any atom is 0.145 e. The van der Waals surface area contributed by atoms with Crippen LogP contribution in [-0.4, -0.2) is 26.1 Å². The number of rotatable bonds is 5. The van der Waals surface area contributed by atoms with E-state index < -0.39 is 12.0 Å². The van der Waals surface area contributed by atoms with E-state index in [4.69, 9.17) is 16.3 Å². The summed E-state index contributed by atoms with van der Waals surface area (Å²) in [4.78, 5) is 14.7. The summed E-state index contributed by atoms with van der Waals surface area (Å²) in [5, 5.41) is 1.23. The number of aromatic nitrogens is 4. The number of para-hydroxylation sites is 2. The Balaban J connectivity index is 1.34. The zero-order valence-electron chi connectivity index (χ0n) is 15.8. The van der Waals surface area contributed by atoms with Crippen molar-refractivity contribution in [1.82, 2.24) is 19.9 Å². The number of nitrogens with one attached hydrogen (secondary N) is 2. The van der Waals surface area contributed by atoms with E-state index in [1.165, 1.54) is 12.3 Å². The van der Waals surface area contributed by atoms with Crippen LogP contribution >= 0.6 is 11.6 Å². The Hall–Kier alpha value is -3.19. The van der Waals surface area contributed by atoms with Crippen LogP contribution in [0.4, 0.5) is 8.78 Å². The lowest BCUT2D eigenvalue weighted by atomic mass is 9.94. The number of pyridine rings is 1. The van der Waals surface area contributed by atoms with Gasteiger partial charge in [0, 0.05) is 42.3 Å². The van der Waals surface area contributed by atoms with Crippen molar-refractivity contribution in [1.29, 1.82) is 0 Å². The van der Waals surface area contributed by atoms with Crippen LogP contribution in [0.3, 0.4) is 0 Å². The van der Waals surface area contributed by atoms with Crippen molar-refractivity contribution in [3.8, 4) is 0 Å². The molecule has 1 aromatic carbocycles. The summed E-state index contributed by atoms with van der Waals surface area (Å²) in [5.41, 5.74) is 3.17. The lowest BCUT2D eigenvalue weighted by molar-refractivity contribution is 0.164. The van der Waals surface area contributed by atoms with Crippen LogP contribution in [-0.2, 0) is 17.8 Å². The first-order valence-corrected chi connectivity index (χ1v) is 9.86. The van der Waals surface area contributed by atoms with Crippen LogP contribution < -0.4 is 0 Å². The van der Waals surface area contributed by atoms with Gasteiger partial charge < -0.3 is 14.7 Å². The summed E-state index contributed by atoms with van der Waals surface area (Å²) < 4.78 is 35.2. The van der Waals surface area contributed by atoms with Gasteiger partial charge in [0.1, 0.15) is 35.8 Å². The first kappa shape index (κ1) is 18.8. The maximum absolute atomic E-state index is 14.8. The van der Waals surface area contributed by atoms with Gasteiger partial charge in [-0.25, -0.2) is 18.7 Å². The minimum atomic E-state index is -1.47. The average molecular weight is 427 g/mol. The molecule has 0 bridgehead atoms. The molecule has 2 N–H and O–H groups in total. The fourth-order valence-corrected chi connectivity index (χ4v) is 3.81. The van der Waals surface area contributed by atoms with E-state index in [2.05, 4.69) is 19.9 Å². The van der Waals surface area contributed by atoms with E-state index in [0.29, 0.717) is 16.5 Å². The van der Waals surface area contributed by atoms with Gasteiger partial charge in [0.05, 0.1) is 16.1 Å². The quantitative estimate of drug-likeness (QED) is 0.430. The van der Waals surface area contributed by atoms with Crippen molar-refractivity contribution in [2.45, 2.75) is 25.6 Å². The molecule has 0 radical (unpaired) electrons. The molecule has 0 saturated heterocycles. The second-order valence-electron chi connectivity index (χ2n) is 7.19. The Kier molecular flexibility index (Phi) is 4.75. The number of imidazole rings is 1. The average Bonchev–Trinajstić information content (AvgIpc) is 3.32. The van der Waals surface area contributed by atoms with E-state index >= 15 is 0 Å². The Morgan fingerprint density at radius 3 is 2.97 bits per heavy atom. The van der Waals surface area contributed by atoms with E-state index in [-0.39, 0.29) is 30.8 Å². The third-order valence-corrected chi connectivity index (χ3v) is 5.36. The number of H-pyrrole nitrogens is 2. The summed E-state index contributed by atoms with van der Waals surface area (Å²) in [6, 6.07) is 9.33. The molecular weight excluding hydrogens is 410 g/mol. The highest BCUT2D eigenvalue weighted by atomic mass is 35.5. The van der Waals surface area contributed by atoms with Crippen LogP contribution in [0, 0.1) is 0 Å². The van der Waals surface area contributed by atoms with Gasteiger partial charge >= 0.3 is 0 Å². The molecule has 3 heterocycles. The lowest BCUT2D eigenvalue weighted by Gasteiger charge is -2.20. The van der Waals surface area contributed by atoms with Crippen molar-refractivity contribution in [2.24, 2.45) is 0 Å². The van der Waals surface area contributed by atoms with Crippen LogP contribution in [0.25, 0.3) is 22.1 Å². The standard InChI is InChI=1S/C22H17ClF2N4O/c23-13-6-15-12(9-26-22(15)27-10-13)5-16-17(24)7-14(8-18(16)25)30-11-21-28-19-3-1-2-4-20(19)29-21/h1-4,6-7,9-10,18H,5,8,11H2,(H,26,27)(H,28,29). The fraction of sp³-hybridized carbons (Fsp3) is 0.182. The molecule has 1 atom stereocenters. The van der Waals surface area contributed by atoms with Gasteiger partial charge in [0.15, 0.2) is 0 Å². The molecular formula is C22H17ClF2N4O. The zero-order valence-corrected chi connectivity index (χ0v) is 16.5. The number of nitrogens with zero attached hydrogens (tertiary/aromatic N) is 2. The highest BCUT2D eigenvalue weighted by molar-refractivity contribution is 6.31. The monoisotopic (exact) mass is 426 g/mol. The summed E-state index contributed by atoms with van der Waals surface area (Å²) in [7, 11) is 0. The number of benzene rings is 1. The zero-order chi connectivity index (χ0) is 20.7. The molecule has 0 fully saturated rings. The highest BCUT2D eigenvalue weighted by Gasteiger charge is 2.26. The molecule has 5 rings (SSSR count). The molecule has 0 amide bonds. The molecule has 8 heteroatoms. The maximum atomic E-state index is 14.8. The third-order valence-electron chi connectivity index (χ3n) is 5.15. The first-order valence-electron chi connectivity index (χ1n) is 9.48. The molecule has 4 aromatic rings. The van der Waals surface area contributed by atoms with Crippen molar-refractivity contribution in [3.05, 3.63) is 82.4 Å². The smallest absolute Gasteiger partial charge is 0.145 e. The van der Waals surface area contributed by atoms with Crippen LogP contribution in [0.2, 0.25) is 5.02 Å². The molecule has 30 heavy (non-hydrogen) atoms. The second kappa shape index (κ2) is 7.57. The van der Waals surface area contributed by atoms with Crippen molar-refractivity contribution in [2.75, 3.05) is 0 Å². The summed E-state index contributed by atoms with van der Waals surface area (Å²) in [5.74, 6) is 0.247. The Labute approximate surface area is 175 Å². The number of hydrogen-bond donors (Lipinski definition) is 2. The van der Waals surface area contributed by atoms with Crippen molar-refractivity contribution >= 4 is 33.7 Å². The van der Waals surface area contributed by atoms with Crippen LogP contribution in [0.15, 0.2) is 66.0 Å². The number of allylic oxidation sites excluding steroid dienone is 4. The lowest BCUT2D eigenvalue weighted by Crippen LogP contribution is -2.15. The summed E-state index contributed by atoms with van der Waals surface area (Å²) in [6.45, 7) is 0.114. The molecule has 0 spiro atoms. The van der Waals surface area contributed by atoms with Crippen LogP contribution in [0.1, 0.15) is 17.8 Å². The minimum absolute atomic E-state index is 0.0235. The molecule has 5 nitrogen and oxygen atoms in total. The first-order chi connectivity index (χ1) is 14.6. The van der Waals surface area contributed by atoms with Crippen molar-refractivity contribution in [3.63, 3.8) is 0 Å². The third kappa shape index (κ3) is 3.57. The summed E-state index contributed by atoms with van der Waals surface area (Å²) in [6.07, 6.45) is 3.12. The second-order valence-corrected chi connectivity index (χ2v) is 7.62. The van der Waals surface area contributed by atoms with Gasteiger partial charge in [-0.1, -0.05) is 23.7 Å². The fourth-order valence-electron chi connectivity index (χ4n) is 3.66. The molecule has 0 aliphatic heterocycles. The van der Waals surface area contributed by atoms with Crippen LogP contribution in [0.5, 0.6) is 0 Å². The van der Waals surface area contributed by atoms with Gasteiger partial charge in [0.2, 0.25) is 0 Å². The van der Waals surface area contributed by atoms with Gasteiger partial charge in [-0.3, -0.25) is 0 Å². The molecule has 1 aliphatic rings. The number of aromatic amines is 2. The van der Waals surface area contributed by atoms with E-state index in [1.54, 1.807) is 12.3 Å². The van der Waals surface area contributed by atoms with E-state index in [0.717, 1.165) is 22.0 Å². The van der Waals surface area contributed by atoms with E-state index in [1.807, 2.05) is 24.3 Å². The highest BCUT2D eigenvalue weighted by Crippen LogP contribution is 2.33. The van der Waals surface area contributed by atoms with Gasteiger partial charge in [-0.05, 0) is 23.8 Å². The van der Waals surface area contributed by atoms with E-state index in [9.17, 15) is 8.78 Å². The molecule has 152 valence electrons. The van der Waals surface area contributed by atoms with Gasteiger partial charge in [-0.2, -0.15) is 0 Å². The normalized spacial score (nSPS) is 17.0. The van der Waals surface area contributed by atoms with Crippen molar-refractivity contribution < 1.29 is 13.5 Å². The SMILES string of the molecule is FC1=C(Cc2c[nH]c3ncc(Cl)cc23)C(F)CC(OCc2nc3ccccc3[nH]2)=C1.